The fourth-order valence-corrected chi connectivity index (χ4v) is 3.72. The summed E-state index contributed by atoms with van der Waals surface area (Å²) in [5.74, 6) is 1.11. The molecule has 4 rings (SSSR count). The molecule has 0 fully saturated rings. The Hall–Kier alpha value is -4.35. The number of allylic oxidation sites excluding steroid dienone is 1. The molecule has 0 aliphatic heterocycles. The Kier molecular flexibility index (Phi) is 6.48. The van der Waals surface area contributed by atoms with Crippen molar-refractivity contribution in [2.75, 3.05) is 7.11 Å². The van der Waals surface area contributed by atoms with Gasteiger partial charge in [0, 0.05) is 12.1 Å². The summed E-state index contributed by atoms with van der Waals surface area (Å²) in [5, 5.41) is 21.0. The van der Waals surface area contributed by atoms with Crippen LogP contribution in [0.15, 0.2) is 54.6 Å². The van der Waals surface area contributed by atoms with Crippen LogP contribution in [0.5, 0.6) is 11.5 Å². The minimum atomic E-state index is -0.464. The number of methoxy groups -OCH3 is 1. The summed E-state index contributed by atoms with van der Waals surface area (Å²) in [4.78, 5) is 18.2. The number of aromatic amines is 1. The van der Waals surface area contributed by atoms with Crippen molar-refractivity contribution in [3.63, 3.8) is 0 Å². The number of nitrogens with one attached hydrogen (secondary N) is 1. The fraction of sp³-hybridized carbons (Fsp3) is 0.120. The number of rotatable bonds is 7. The van der Waals surface area contributed by atoms with E-state index in [0.717, 1.165) is 16.6 Å². The van der Waals surface area contributed by atoms with E-state index in [-0.39, 0.29) is 17.3 Å². The third-order valence-electron chi connectivity index (χ3n) is 5.08. The van der Waals surface area contributed by atoms with E-state index in [9.17, 15) is 15.4 Å². The van der Waals surface area contributed by atoms with Crippen LogP contribution < -0.4 is 9.47 Å². The predicted octanol–water partition coefficient (Wildman–Crippen LogP) is 6.08. The van der Waals surface area contributed by atoms with E-state index >= 15 is 0 Å². The first-order valence-corrected chi connectivity index (χ1v) is 10.6. The van der Waals surface area contributed by atoms with Gasteiger partial charge in [0.15, 0.2) is 11.5 Å². The molecule has 3 aromatic carbocycles. The smallest absolute Gasteiger partial charge is 0.269 e. The summed E-state index contributed by atoms with van der Waals surface area (Å²) in [5.41, 5.74) is 4.24. The summed E-state index contributed by atoms with van der Waals surface area (Å²) in [7, 11) is 1.48. The van der Waals surface area contributed by atoms with Gasteiger partial charge in [-0.2, -0.15) is 5.26 Å². The molecule has 0 bridgehead atoms. The number of ether oxygens (including phenoxy) is 2. The molecule has 0 amide bonds. The number of halogens is 1. The number of nitriles is 1. The lowest BCUT2D eigenvalue weighted by Gasteiger charge is -2.13. The number of aryl methyl sites for hydroxylation is 1. The number of H-pyrrole nitrogens is 1. The maximum atomic E-state index is 11.0. The van der Waals surface area contributed by atoms with Crippen LogP contribution in [0, 0.1) is 28.4 Å². The third kappa shape index (κ3) is 4.85. The van der Waals surface area contributed by atoms with Crippen LogP contribution in [-0.2, 0) is 6.61 Å². The molecule has 1 heterocycles. The quantitative estimate of drug-likeness (QED) is 0.197. The molecule has 170 valence electrons. The largest absolute Gasteiger partial charge is 0.493 e. The number of nitro benzene ring substituents is 1. The Balaban J connectivity index is 1.62. The monoisotopic (exact) mass is 474 g/mol. The molecule has 4 aromatic rings. The fourth-order valence-electron chi connectivity index (χ4n) is 3.45. The van der Waals surface area contributed by atoms with Crippen molar-refractivity contribution < 1.29 is 14.4 Å². The third-order valence-corrected chi connectivity index (χ3v) is 5.36. The second kappa shape index (κ2) is 9.65. The van der Waals surface area contributed by atoms with E-state index < -0.39 is 4.92 Å². The van der Waals surface area contributed by atoms with Crippen LogP contribution in [0.4, 0.5) is 5.69 Å². The molecular weight excluding hydrogens is 456 g/mol. The molecule has 0 unspecified atom stereocenters. The van der Waals surface area contributed by atoms with Crippen LogP contribution in [0.25, 0.3) is 22.7 Å². The van der Waals surface area contributed by atoms with Crippen molar-refractivity contribution in [1.29, 1.82) is 5.26 Å². The van der Waals surface area contributed by atoms with Gasteiger partial charge in [-0.15, -0.1) is 0 Å². The molecule has 0 saturated carbocycles. The van der Waals surface area contributed by atoms with Crippen LogP contribution in [0.3, 0.4) is 0 Å². The van der Waals surface area contributed by atoms with E-state index in [0.29, 0.717) is 34.0 Å². The Morgan fingerprint density at radius 1 is 1.26 bits per heavy atom. The summed E-state index contributed by atoms with van der Waals surface area (Å²) in [6.07, 6.45) is 1.66. The van der Waals surface area contributed by atoms with E-state index in [2.05, 4.69) is 16.0 Å². The van der Waals surface area contributed by atoms with Gasteiger partial charge in [-0.1, -0.05) is 29.8 Å². The molecule has 8 nitrogen and oxygen atoms in total. The summed E-state index contributed by atoms with van der Waals surface area (Å²) >= 11 is 6.47. The second-order valence-corrected chi connectivity index (χ2v) is 7.93. The predicted molar refractivity (Wildman–Crippen MR) is 130 cm³/mol. The lowest BCUT2D eigenvalue weighted by molar-refractivity contribution is -0.384. The Morgan fingerprint density at radius 2 is 2.09 bits per heavy atom. The molecule has 0 atom stereocenters. The van der Waals surface area contributed by atoms with Crippen molar-refractivity contribution in [2.24, 2.45) is 0 Å². The molecule has 1 N–H and O–H groups in total. The van der Waals surface area contributed by atoms with Crippen molar-refractivity contribution >= 4 is 40.0 Å². The van der Waals surface area contributed by atoms with Crippen LogP contribution in [-0.4, -0.2) is 22.0 Å². The molecule has 1 aromatic heterocycles. The highest BCUT2D eigenvalue weighted by Crippen LogP contribution is 2.38. The van der Waals surface area contributed by atoms with Gasteiger partial charge >= 0.3 is 0 Å². The van der Waals surface area contributed by atoms with Crippen LogP contribution in [0.1, 0.15) is 22.5 Å². The molecule has 9 heteroatoms. The van der Waals surface area contributed by atoms with Crippen LogP contribution in [0.2, 0.25) is 5.02 Å². The number of nitro groups is 1. The molecule has 0 aliphatic rings. The summed E-state index contributed by atoms with van der Waals surface area (Å²) in [6.45, 7) is 2.05. The van der Waals surface area contributed by atoms with Gasteiger partial charge < -0.3 is 14.5 Å². The van der Waals surface area contributed by atoms with Gasteiger partial charge in [-0.25, -0.2) is 4.98 Å². The lowest BCUT2D eigenvalue weighted by atomic mass is 10.1. The van der Waals surface area contributed by atoms with Gasteiger partial charge in [0.25, 0.3) is 5.69 Å². The summed E-state index contributed by atoms with van der Waals surface area (Å²) in [6, 6.07) is 17.5. The topological polar surface area (TPSA) is 114 Å². The first kappa shape index (κ1) is 22.8. The van der Waals surface area contributed by atoms with Gasteiger partial charge in [-0.3, -0.25) is 10.1 Å². The number of aromatic nitrogens is 2. The van der Waals surface area contributed by atoms with Gasteiger partial charge in [0.05, 0.1) is 33.7 Å². The average molecular weight is 475 g/mol. The highest BCUT2D eigenvalue weighted by Gasteiger charge is 2.15. The Bertz CT molecular complexity index is 1470. The molecule has 0 aliphatic carbocycles. The molecular formula is C25H19ClN4O4. The highest BCUT2D eigenvalue weighted by atomic mass is 35.5. The van der Waals surface area contributed by atoms with Crippen molar-refractivity contribution in [3.8, 4) is 17.6 Å². The van der Waals surface area contributed by atoms with E-state index in [1.54, 1.807) is 30.3 Å². The number of benzene rings is 3. The molecule has 34 heavy (non-hydrogen) atoms. The molecule has 0 radical (unpaired) electrons. The highest BCUT2D eigenvalue weighted by molar-refractivity contribution is 6.32. The van der Waals surface area contributed by atoms with E-state index in [1.165, 1.54) is 19.2 Å². The maximum Gasteiger partial charge on any atom is 0.269 e. The first-order valence-electron chi connectivity index (χ1n) is 10.2. The Morgan fingerprint density at radius 3 is 2.82 bits per heavy atom. The van der Waals surface area contributed by atoms with Crippen molar-refractivity contribution in [1.82, 2.24) is 9.97 Å². The summed E-state index contributed by atoms with van der Waals surface area (Å²) < 4.78 is 11.3. The van der Waals surface area contributed by atoms with Crippen LogP contribution >= 0.6 is 11.6 Å². The number of hydrogen-bond donors (Lipinski definition) is 1. The molecule has 0 saturated heterocycles. The number of hydrogen-bond acceptors (Lipinski definition) is 6. The zero-order valence-corrected chi connectivity index (χ0v) is 19.1. The van der Waals surface area contributed by atoms with Gasteiger partial charge in [-0.05, 0) is 54.0 Å². The van der Waals surface area contributed by atoms with E-state index in [1.807, 2.05) is 25.1 Å². The number of imidazole rings is 1. The number of non-ortho nitro benzene ring substituents is 1. The number of fused-ring (bicyclic) bond motifs is 1. The zero-order valence-electron chi connectivity index (χ0n) is 18.3. The zero-order chi connectivity index (χ0) is 24.2. The lowest BCUT2D eigenvalue weighted by Crippen LogP contribution is -2.00. The normalized spacial score (nSPS) is 11.3. The average Bonchev–Trinajstić information content (AvgIpc) is 3.24. The number of nitrogens with zero attached hydrogens (tertiary/aromatic N) is 3. The Labute approximate surface area is 200 Å². The van der Waals surface area contributed by atoms with Crippen molar-refractivity contribution in [2.45, 2.75) is 13.5 Å². The minimum absolute atomic E-state index is 0.0237. The maximum absolute atomic E-state index is 11.0. The van der Waals surface area contributed by atoms with Crippen molar-refractivity contribution in [3.05, 3.63) is 92.2 Å². The van der Waals surface area contributed by atoms with Gasteiger partial charge in [0.1, 0.15) is 18.5 Å². The molecule has 0 spiro atoms. The SMILES string of the molecule is COc1cc(/C=C(/C#N)c2nc3ccc(C)cc3[nH]2)cc(Cl)c1OCc1cccc([N+](=O)[O-])c1. The minimum Gasteiger partial charge on any atom is -0.493 e. The first-order chi connectivity index (χ1) is 16.4. The van der Waals surface area contributed by atoms with E-state index in [4.69, 9.17) is 21.1 Å². The second-order valence-electron chi connectivity index (χ2n) is 7.53. The van der Waals surface area contributed by atoms with Gasteiger partial charge in [0.2, 0.25) is 0 Å². The standard InChI is InChI=1S/C25H19ClN4O4/c1-15-6-7-21-22(8-15)29-25(28-21)18(13-27)9-17-11-20(26)24(23(12-17)33-2)34-14-16-4-3-5-19(10-16)30(31)32/h3-12H,14H2,1-2H3,(H,28,29)/b18-9-.